The van der Waals surface area contributed by atoms with Crippen molar-refractivity contribution in [2.45, 2.75) is 0 Å². The van der Waals surface area contributed by atoms with Crippen molar-refractivity contribution < 1.29 is 0 Å². The summed E-state index contributed by atoms with van der Waals surface area (Å²) in [4.78, 5) is 16.3. The monoisotopic (exact) mass is 528 g/mol. The van der Waals surface area contributed by atoms with E-state index in [1.807, 2.05) is 24.4 Å². The molecule has 0 atom stereocenters. The van der Waals surface area contributed by atoms with E-state index in [1.54, 1.807) is 11.3 Å². The summed E-state index contributed by atoms with van der Waals surface area (Å²) in [5.41, 5.74) is 5.15. The van der Waals surface area contributed by atoms with Crippen molar-refractivity contribution in [1.29, 1.82) is 0 Å². The lowest BCUT2D eigenvalue weighted by atomic mass is 9.99. The highest BCUT2D eigenvalue weighted by atomic mass is 32.1. The molecule has 0 saturated heterocycles. The Balaban J connectivity index is 1.54. The quantitative estimate of drug-likeness (QED) is 0.225. The standard InChI is InChI=1S/C35H20N4S/c1-2-11-21(12-3-1)31-24-15-6-8-18-27(24)37-35(38-31)39-28-19-9-7-16-25(28)29-22-13-4-5-14-23(22)30-26-17-10-20-36-34(26)40-33(30)32(29)39/h1-20H. The van der Waals surface area contributed by atoms with E-state index in [4.69, 9.17) is 15.0 Å². The summed E-state index contributed by atoms with van der Waals surface area (Å²) >= 11 is 1.75. The Kier molecular flexibility index (Phi) is 4.45. The summed E-state index contributed by atoms with van der Waals surface area (Å²) in [5, 5.41) is 8.36. The van der Waals surface area contributed by atoms with Crippen molar-refractivity contribution in [2.75, 3.05) is 0 Å². The Labute approximate surface area is 232 Å². The summed E-state index contributed by atoms with van der Waals surface area (Å²) in [7, 11) is 0. The molecule has 0 amide bonds. The van der Waals surface area contributed by atoms with Crippen LogP contribution in [0.3, 0.4) is 0 Å². The van der Waals surface area contributed by atoms with Crippen LogP contribution in [-0.4, -0.2) is 19.5 Å². The van der Waals surface area contributed by atoms with Gasteiger partial charge in [-0.05, 0) is 35.0 Å². The Bertz CT molecular complexity index is 2440. The van der Waals surface area contributed by atoms with Gasteiger partial charge in [0.25, 0.3) is 0 Å². The SMILES string of the molecule is c1ccc(-c2nc(-n3c4ccccc4c4c5ccccc5c5c6cccnc6sc5c43)nc3ccccc23)cc1. The van der Waals surface area contributed by atoms with Crippen LogP contribution in [0.1, 0.15) is 0 Å². The summed E-state index contributed by atoms with van der Waals surface area (Å²) in [6.45, 7) is 0. The van der Waals surface area contributed by atoms with Gasteiger partial charge in [0.1, 0.15) is 4.83 Å². The van der Waals surface area contributed by atoms with Gasteiger partial charge in [-0.2, -0.15) is 0 Å². The lowest BCUT2D eigenvalue weighted by molar-refractivity contribution is 1.02. The van der Waals surface area contributed by atoms with Crippen molar-refractivity contribution in [1.82, 2.24) is 19.5 Å². The Morgan fingerprint density at radius 1 is 0.550 bits per heavy atom. The van der Waals surface area contributed by atoms with Crippen LogP contribution in [-0.2, 0) is 0 Å². The molecule has 4 nitrogen and oxygen atoms in total. The minimum absolute atomic E-state index is 0.672. The molecule has 40 heavy (non-hydrogen) atoms. The minimum atomic E-state index is 0.672. The number of pyridine rings is 1. The molecule has 5 heteroatoms. The van der Waals surface area contributed by atoms with Gasteiger partial charge < -0.3 is 0 Å². The Morgan fingerprint density at radius 3 is 2.08 bits per heavy atom. The molecule has 4 heterocycles. The molecule has 0 aliphatic heterocycles. The number of nitrogens with zero attached hydrogens (tertiary/aromatic N) is 4. The van der Waals surface area contributed by atoms with Crippen LogP contribution in [0.5, 0.6) is 0 Å². The van der Waals surface area contributed by atoms with Gasteiger partial charge in [0.15, 0.2) is 0 Å². The first-order valence-corrected chi connectivity index (χ1v) is 14.1. The smallest absolute Gasteiger partial charge is 0.235 e. The molecule has 0 spiro atoms. The van der Waals surface area contributed by atoms with Gasteiger partial charge in [-0.1, -0.05) is 91.0 Å². The van der Waals surface area contributed by atoms with Crippen molar-refractivity contribution in [3.63, 3.8) is 0 Å². The molecule has 0 aliphatic carbocycles. The predicted octanol–water partition coefficient (Wildman–Crippen LogP) is 9.31. The van der Waals surface area contributed by atoms with Crippen LogP contribution in [0.25, 0.3) is 81.0 Å². The third-order valence-corrected chi connectivity index (χ3v) is 8.98. The number of benzene rings is 5. The third kappa shape index (κ3) is 2.92. The molecule has 0 fully saturated rings. The fourth-order valence-electron chi connectivity index (χ4n) is 6.20. The summed E-state index contributed by atoms with van der Waals surface area (Å²) < 4.78 is 3.48. The maximum Gasteiger partial charge on any atom is 0.235 e. The zero-order chi connectivity index (χ0) is 26.2. The fraction of sp³-hybridized carbons (Fsp3) is 0. The van der Waals surface area contributed by atoms with Gasteiger partial charge in [0.2, 0.25) is 5.95 Å². The van der Waals surface area contributed by atoms with E-state index in [0.29, 0.717) is 5.95 Å². The van der Waals surface area contributed by atoms with Crippen molar-refractivity contribution in [3.05, 3.63) is 121 Å². The zero-order valence-corrected chi connectivity index (χ0v) is 22.1. The Morgan fingerprint density at radius 2 is 1.23 bits per heavy atom. The van der Waals surface area contributed by atoms with Crippen LogP contribution in [0.2, 0.25) is 0 Å². The molecule has 186 valence electrons. The van der Waals surface area contributed by atoms with Crippen molar-refractivity contribution in [2.24, 2.45) is 0 Å². The highest BCUT2D eigenvalue weighted by Gasteiger charge is 2.23. The second kappa shape index (κ2) is 8.18. The van der Waals surface area contributed by atoms with Gasteiger partial charge in [0.05, 0.1) is 26.9 Å². The van der Waals surface area contributed by atoms with E-state index in [-0.39, 0.29) is 0 Å². The highest BCUT2D eigenvalue weighted by Crippen LogP contribution is 2.47. The van der Waals surface area contributed by atoms with Crippen LogP contribution in [0.15, 0.2) is 121 Å². The maximum atomic E-state index is 5.30. The second-order valence-electron chi connectivity index (χ2n) is 10.0. The zero-order valence-electron chi connectivity index (χ0n) is 21.2. The van der Waals surface area contributed by atoms with E-state index in [1.165, 1.54) is 37.0 Å². The number of rotatable bonds is 2. The first kappa shape index (κ1) is 21.8. The number of hydrogen-bond acceptors (Lipinski definition) is 4. The maximum absolute atomic E-state index is 5.30. The molecule has 9 rings (SSSR count). The average Bonchev–Trinajstić information content (AvgIpc) is 3.58. The number of fused-ring (bicyclic) bond motifs is 11. The summed E-state index contributed by atoms with van der Waals surface area (Å²) in [5.74, 6) is 0.672. The van der Waals surface area contributed by atoms with Gasteiger partial charge in [-0.25, -0.2) is 15.0 Å². The van der Waals surface area contributed by atoms with Crippen LogP contribution >= 0.6 is 11.3 Å². The molecule has 9 aromatic rings. The van der Waals surface area contributed by atoms with Gasteiger partial charge >= 0.3 is 0 Å². The third-order valence-electron chi connectivity index (χ3n) is 7.86. The summed E-state index contributed by atoms with van der Waals surface area (Å²) in [6, 6.07) is 40.3. The largest absolute Gasteiger partial charge is 0.276 e. The molecule has 5 aromatic carbocycles. The van der Waals surface area contributed by atoms with Crippen molar-refractivity contribution >= 4 is 75.1 Å². The summed E-state index contributed by atoms with van der Waals surface area (Å²) in [6.07, 6.45) is 1.88. The molecule has 0 saturated carbocycles. The highest BCUT2D eigenvalue weighted by molar-refractivity contribution is 7.26. The predicted molar refractivity (Wildman–Crippen MR) is 168 cm³/mol. The topological polar surface area (TPSA) is 43.6 Å². The van der Waals surface area contributed by atoms with E-state index in [2.05, 4.69) is 102 Å². The number of thiophene rings is 1. The van der Waals surface area contributed by atoms with E-state index >= 15 is 0 Å². The molecule has 4 aromatic heterocycles. The first-order valence-electron chi connectivity index (χ1n) is 13.3. The minimum Gasteiger partial charge on any atom is -0.276 e. The van der Waals surface area contributed by atoms with Crippen molar-refractivity contribution in [3.8, 4) is 17.2 Å². The lowest BCUT2D eigenvalue weighted by Crippen LogP contribution is -2.03. The molecule has 0 N–H and O–H groups in total. The average molecular weight is 529 g/mol. The van der Waals surface area contributed by atoms with E-state index in [9.17, 15) is 0 Å². The molecule has 0 radical (unpaired) electrons. The molecule has 0 aliphatic rings. The molecular formula is C35H20N4S. The Hall–Kier alpha value is -5.13. The fourth-order valence-corrected chi connectivity index (χ4v) is 7.40. The first-order chi connectivity index (χ1) is 19.9. The molecular weight excluding hydrogens is 508 g/mol. The van der Waals surface area contributed by atoms with Crippen LogP contribution < -0.4 is 0 Å². The van der Waals surface area contributed by atoms with Gasteiger partial charge in [0, 0.05) is 38.7 Å². The molecule has 0 bridgehead atoms. The van der Waals surface area contributed by atoms with E-state index < -0.39 is 0 Å². The normalized spacial score (nSPS) is 12.0. The number of hydrogen-bond donors (Lipinski definition) is 0. The second-order valence-corrected chi connectivity index (χ2v) is 11.0. The van der Waals surface area contributed by atoms with Crippen LogP contribution in [0.4, 0.5) is 0 Å². The number of aromatic nitrogens is 4. The van der Waals surface area contributed by atoms with E-state index in [0.717, 1.165) is 38.0 Å². The molecule has 0 unspecified atom stereocenters. The van der Waals surface area contributed by atoms with Crippen LogP contribution in [0, 0.1) is 0 Å². The number of para-hydroxylation sites is 2. The lowest BCUT2D eigenvalue weighted by Gasteiger charge is -2.12. The van der Waals surface area contributed by atoms with Gasteiger partial charge in [-0.3, -0.25) is 4.57 Å². The van der Waals surface area contributed by atoms with Gasteiger partial charge in [-0.15, -0.1) is 11.3 Å².